The molecule has 0 fully saturated rings. The van der Waals surface area contributed by atoms with E-state index in [0.717, 1.165) is 16.1 Å². The average molecular weight is 409 g/mol. The quantitative estimate of drug-likeness (QED) is 0.779. The first-order valence-electron chi connectivity index (χ1n) is 8.22. The van der Waals surface area contributed by atoms with Gasteiger partial charge in [-0.2, -0.15) is 0 Å². The van der Waals surface area contributed by atoms with Gasteiger partial charge in [-0.3, -0.25) is 9.59 Å². The zero-order valence-electron chi connectivity index (χ0n) is 14.2. The molecule has 7 heteroatoms. The van der Waals surface area contributed by atoms with Crippen molar-refractivity contribution in [1.82, 2.24) is 5.32 Å². The van der Waals surface area contributed by atoms with Gasteiger partial charge in [0.25, 0.3) is 0 Å². The Morgan fingerprint density at radius 3 is 2.81 bits per heavy atom. The molecular weight excluding hydrogens is 391 g/mol. The molecule has 3 rings (SSSR count). The summed E-state index contributed by atoms with van der Waals surface area (Å²) in [5.41, 5.74) is 1.68. The third-order valence-corrected chi connectivity index (χ3v) is 5.79. The zero-order chi connectivity index (χ0) is 18.7. The topological polar surface area (TPSA) is 49.4 Å². The van der Waals surface area contributed by atoms with Gasteiger partial charge in [-0.05, 0) is 36.8 Å². The number of benzene rings is 2. The third kappa shape index (κ3) is 4.34. The number of fused-ring (bicyclic) bond motifs is 1. The fraction of sp³-hybridized carbons (Fsp3) is 0.263. The summed E-state index contributed by atoms with van der Waals surface area (Å²) in [6, 6.07) is 12.7. The molecule has 26 heavy (non-hydrogen) atoms. The van der Waals surface area contributed by atoms with E-state index in [1.54, 1.807) is 23.1 Å². The van der Waals surface area contributed by atoms with Crippen molar-refractivity contribution >= 4 is 52.5 Å². The fourth-order valence-electron chi connectivity index (χ4n) is 2.86. The third-order valence-electron chi connectivity index (χ3n) is 4.18. The molecule has 1 N–H and O–H groups in total. The number of hydrogen-bond acceptors (Lipinski definition) is 3. The van der Waals surface area contributed by atoms with E-state index >= 15 is 0 Å². The van der Waals surface area contributed by atoms with E-state index in [1.807, 2.05) is 31.2 Å². The summed E-state index contributed by atoms with van der Waals surface area (Å²) in [4.78, 5) is 27.3. The van der Waals surface area contributed by atoms with Crippen LogP contribution < -0.4 is 10.2 Å². The lowest BCUT2D eigenvalue weighted by atomic mass is 10.1. The predicted octanol–water partition coefficient (Wildman–Crippen LogP) is 4.70. The molecule has 1 unspecified atom stereocenters. The van der Waals surface area contributed by atoms with Crippen LogP contribution in [0.5, 0.6) is 0 Å². The highest BCUT2D eigenvalue weighted by atomic mass is 35.5. The lowest BCUT2D eigenvalue weighted by Gasteiger charge is -2.28. The van der Waals surface area contributed by atoms with Crippen molar-refractivity contribution in [3.8, 4) is 0 Å². The number of carbonyl (C=O) groups is 2. The molecule has 0 saturated carbocycles. The van der Waals surface area contributed by atoms with Crippen LogP contribution in [0, 0.1) is 0 Å². The number of amides is 2. The van der Waals surface area contributed by atoms with Gasteiger partial charge in [-0.15, -0.1) is 11.8 Å². The number of hydrogen-bond donors (Lipinski definition) is 1. The van der Waals surface area contributed by atoms with Gasteiger partial charge >= 0.3 is 0 Å². The van der Waals surface area contributed by atoms with E-state index in [4.69, 9.17) is 23.2 Å². The normalized spacial score (nSPS) is 14.7. The van der Waals surface area contributed by atoms with Gasteiger partial charge in [0.1, 0.15) is 0 Å². The molecule has 1 aliphatic heterocycles. The van der Waals surface area contributed by atoms with Crippen LogP contribution in [0.15, 0.2) is 47.4 Å². The van der Waals surface area contributed by atoms with E-state index in [2.05, 4.69) is 5.32 Å². The molecule has 2 aromatic rings. The van der Waals surface area contributed by atoms with Crippen LogP contribution in [-0.4, -0.2) is 24.1 Å². The van der Waals surface area contributed by atoms with Crippen molar-refractivity contribution in [3.05, 3.63) is 58.1 Å². The van der Waals surface area contributed by atoms with E-state index < -0.39 is 0 Å². The number of carbonyl (C=O) groups excluding carboxylic acids is 2. The second kappa shape index (κ2) is 8.33. The first-order valence-corrected chi connectivity index (χ1v) is 9.96. The maximum Gasteiger partial charge on any atom is 0.237 e. The van der Waals surface area contributed by atoms with Gasteiger partial charge in [0.05, 0.1) is 17.5 Å². The Labute approximate surface area is 166 Å². The number of nitrogens with zero attached hydrogens (tertiary/aromatic N) is 1. The van der Waals surface area contributed by atoms with Crippen LogP contribution in [0.2, 0.25) is 10.0 Å². The highest BCUT2D eigenvalue weighted by Crippen LogP contribution is 2.35. The molecule has 0 radical (unpaired) electrons. The van der Waals surface area contributed by atoms with E-state index in [9.17, 15) is 9.59 Å². The summed E-state index contributed by atoms with van der Waals surface area (Å²) >= 11 is 13.6. The largest absolute Gasteiger partial charge is 0.349 e. The minimum atomic E-state index is -0.243. The minimum Gasteiger partial charge on any atom is -0.349 e. The number of anilines is 1. The van der Waals surface area contributed by atoms with Gasteiger partial charge in [0.2, 0.25) is 11.8 Å². The summed E-state index contributed by atoms with van der Waals surface area (Å²) in [5.74, 6) is 0.289. The molecule has 2 aromatic carbocycles. The van der Waals surface area contributed by atoms with Crippen molar-refractivity contribution in [1.29, 1.82) is 0 Å². The number of rotatable bonds is 5. The van der Waals surface area contributed by atoms with Gasteiger partial charge in [0.15, 0.2) is 0 Å². The summed E-state index contributed by atoms with van der Waals surface area (Å²) < 4.78 is 0. The summed E-state index contributed by atoms with van der Waals surface area (Å²) in [6.45, 7) is 2.22. The van der Waals surface area contributed by atoms with Gasteiger partial charge < -0.3 is 10.2 Å². The van der Waals surface area contributed by atoms with Crippen LogP contribution in [-0.2, 0) is 9.59 Å². The smallest absolute Gasteiger partial charge is 0.237 e. The molecule has 1 atom stereocenters. The Bertz CT molecular complexity index is 844. The first kappa shape index (κ1) is 19.1. The number of thioether (sulfide) groups is 1. The lowest BCUT2D eigenvalue weighted by molar-refractivity contribution is -0.121. The maximum atomic E-state index is 12.3. The van der Waals surface area contributed by atoms with Crippen LogP contribution in [0.4, 0.5) is 5.69 Å². The summed E-state index contributed by atoms with van der Waals surface area (Å²) in [6.07, 6.45) is 0.223. The number of nitrogens with one attached hydrogen (secondary N) is 1. The molecule has 1 heterocycles. The molecule has 0 bridgehead atoms. The van der Waals surface area contributed by atoms with Crippen molar-refractivity contribution in [2.75, 3.05) is 17.2 Å². The Balaban J connectivity index is 1.61. The Hall–Kier alpha value is -1.69. The summed E-state index contributed by atoms with van der Waals surface area (Å²) in [7, 11) is 0. The lowest BCUT2D eigenvalue weighted by Crippen LogP contribution is -2.38. The molecule has 0 aliphatic carbocycles. The van der Waals surface area contributed by atoms with Crippen molar-refractivity contribution in [3.63, 3.8) is 0 Å². The Morgan fingerprint density at radius 2 is 2.04 bits per heavy atom. The molecule has 0 spiro atoms. The molecule has 0 saturated heterocycles. The van der Waals surface area contributed by atoms with Crippen LogP contribution >= 0.6 is 35.0 Å². The minimum absolute atomic E-state index is 0.0234. The second-order valence-corrected chi connectivity index (χ2v) is 7.87. The molecule has 1 aliphatic rings. The highest BCUT2D eigenvalue weighted by Gasteiger charge is 2.25. The number of halogens is 2. The molecule has 0 aromatic heterocycles. The van der Waals surface area contributed by atoms with Crippen molar-refractivity contribution in [2.45, 2.75) is 24.3 Å². The fourth-order valence-corrected chi connectivity index (χ4v) is 4.36. The first-order chi connectivity index (χ1) is 12.5. The Kier molecular flexibility index (Phi) is 6.12. The Morgan fingerprint density at radius 1 is 1.27 bits per heavy atom. The number of para-hydroxylation sites is 1. The van der Waals surface area contributed by atoms with Crippen molar-refractivity contribution in [2.24, 2.45) is 0 Å². The van der Waals surface area contributed by atoms with E-state index in [0.29, 0.717) is 22.3 Å². The molecule has 4 nitrogen and oxygen atoms in total. The van der Waals surface area contributed by atoms with Gasteiger partial charge in [-0.25, -0.2) is 0 Å². The molecule has 136 valence electrons. The van der Waals surface area contributed by atoms with E-state index in [-0.39, 0.29) is 24.3 Å². The molecule has 2 amide bonds. The van der Waals surface area contributed by atoms with Gasteiger partial charge in [0, 0.05) is 27.9 Å². The standard InChI is InChI=1S/C19H18Cl2N2O2S/c1-12(14-7-6-13(20)10-15(14)21)22-18(24)8-9-23-16-4-2-3-5-17(16)26-11-19(23)25/h2-7,10,12H,8-9,11H2,1H3,(H,22,24). The monoisotopic (exact) mass is 408 g/mol. The maximum absolute atomic E-state index is 12.3. The second-order valence-electron chi connectivity index (χ2n) is 6.01. The average Bonchev–Trinajstić information content (AvgIpc) is 2.60. The molecular formula is C19H18Cl2N2O2S. The van der Waals surface area contributed by atoms with Crippen LogP contribution in [0.3, 0.4) is 0 Å². The van der Waals surface area contributed by atoms with Crippen molar-refractivity contribution < 1.29 is 9.59 Å². The highest BCUT2D eigenvalue weighted by molar-refractivity contribution is 8.00. The zero-order valence-corrected chi connectivity index (χ0v) is 16.5. The van der Waals surface area contributed by atoms with Crippen LogP contribution in [0.1, 0.15) is 24.9 Å². The summed E-state index contributed by atoms with van der Waals surface area (Å²) in [5, 5.41) is 3.99. The predicted molar refractivity (Wildman–Crippen MR) is 107 cm³/mol. The van der Waals surface area contributed by atoms with Gasteiger partial charge in [-0.1, -0.05) is 41.4 Å². The van der Waals surface area contributed by atoms with Crippen LogP contribution in [0.25, 0.3) is 0 Å². The SMILES string of the molecule is CC(NC(=O)CCN1C(=O)CSc2ccccc21)c1ccc(Cl)cc1Cl. The van der Waals surface area contributed by atoms with E-state index in [1.165, 1.54) is 11.8 Å².